The third kappa shape index (κ3) is 2.85. The van der Waals surface area contributed by atoms with Crippen LogP contribution in [0.1, 0.15) is 16.7 Å². The van der Waals surface area contributed by atoms with E-state index in [9.17, 15) is 5.11 Å². The SMILES string of the molecule is CSCc1cc(C)cc(CSC)c1O. The number of phenolic OH excluding ortho intramolecular Hbond substituents is 1. The summed E-state index contributed by atoms with van der Waals surface area (Å²) in [5.74, 6) is 2.25. The Kier molecular flexibility index (Phi) is 4.69. The van der Waals surface area contributed by atoms with Gasteiger partial charge in [0.05, 0.1) is 0 Å². The molecular formula is C11H16OS2. The summed E-state index contributed by atoms with van der Waals surface area (Å²) in [6.45, 7) is 2.08. The monoisotopic (exact) mass is 228 g/mol. The van der Waals surface area contributed by atoms with E-state index in [4.69, 9.17) is 0 Å². The molecule has 0 fully saturated rings. The van der Waals surface area contributed by atoms with Crippen molar-refractivity contribution in [2.24, 2.45) is 0 Å². The Bertz CT molecular complexity index is 283. The molecule has 1 nitrogen and oxygen atoms in total. The van der Waals surface area contributed by atoms with E-state index in [0.717, 1.165) is 22.6 Å². The first-order chi connectivity index (χ1) is 6.69. The Morgan fingerprint density at radius 2 is 1.50 bits per heavy atom. The maximum Gasteiger partial charge on any atom is 0.123 e. The van der Waals surface area contributed by atoms with Crippen LogP contribution in [-0.4, -0.2) is 17.6 Å². The molecule has 0 aliphatic carbocycles. The van der Waals surface area contributed by atoms with E-state index in [-0.39, 0.29) is 0 Å². The molecule has 3 heteroatoms. The average molecular weight is 228 g/mol. The number of phenols is 1. The smallest absolute Gasteiger partial charge is 0.123 e. The molecular weight excluding hydrogens is 212 g/mol. The first kappa shape index (κ1) is 11.8. The molecule has 1 aromatic carbocycles. The molecule has 0 radical (unpaired) electrons. The molecule has 1 rings (SSSR count). The predicted octanol–water partition coefficient (Wildman–Crippen LogP) is 3.43. The van der Waals surface area contributed by atoms with E-state index in [0.29, 0.717) is 5.75 Å². The highest BCUT2D eigenvalue weighted by molar-refractivity contribution is 7.98. The van der Waals surface area contributed by atoms with Crippen molar-refractivity contribution in [3.63, 3.8) is 0 Å². The summed E-state index contributed by atoms with van der Waals surface area (Å²) in [7, 11) is 0. The van der Waals surface area contributed by atoms with Crippen LogP contribution < -0.4 is 0 Å². The molecule has 1 aromatic rings. The van der Waals surface area contributed by atoms with Crippen LogP contribution in [-0.2, 0) is 11.5 Å². The summed E-state index contributed by atoms with van der Waals surface area (Å²) in [5.41, 5.74) is 3.35. The largest absolute Gasteiger partial charge is 0.507 e. The highest BCUT2D eigenvalue weighted by atomic mass is 32.2. The Hall–Kier alpha value is -0.280. The lowest BCUT2D eigenvalue weighted by atomic mass is 10.1. The summed E-state index contributed by atoms with van der Waals surface area (Å²) in [6.07, 6.45) is 4.10. The van der Waals surface area contributed by atoms with E-state index >= 15 is 0 Å². The lowest BCUT2D eigenvalue weighted by molar-refractivity contribution is 0.466. The molecule has 0 aliphatic rings. The maximum absolute atomic E-state index is 9.95. The molecule has 0 aliphatic heterocycles. The van der Waals surface area contributed by atoms with Crippen LogP contribution in [0.15, 0.2) is 12.1 Å². The zero-order chi connectivity index (χ0) is 10.6. The second kappa shape index (κ2) is 5.56. The third-order valence-electron chi connectivity index (χ3n) is 2.01. The molecule has 0 bridgehead atoms. The minimum absolute atomic E-state index is 0.485. The second-order valence-corrected chi connectivity index (χ2v) is 5.03. The number of aryl methyl sites for hydroxylation is 1. The first-order valence-electron chi connectivity index (χ1n) is 4.48. The molecule has 0 saturated heterocycles. The molecule has 78 valence electrons. The van der Waals surface area contributed by atoms with Gasteiger partial charge >= 0.3 is 0 Å². The zero-order valence-corrected chi connectivity index (χ0v) is 10.5. The number of hydrogen-bond acceptors (Lipinski definition) is 3. The summed E-state index contributed by atoms with van der Waals surface area (Å²) >= 11 is 3.48. The number of rotatable bonds is 4. The van der Waals surface area contributed by atoms with E-state index in [1.165, 1.54) is 5.56 Å². The summed E-state index contributed by atoms with van der Waals surface area (Å²) < 4.78 is 0. The quantitative estimate of drug-likeness (QED) is 0.852. The zero-order valence-electron chi connectivity index (χ0n) is 8.83. The van der Waals surface area contributed by atoms with Gasteiger partial charge in [0.1, 0.15) is 5.75 Å². The molecule has 0 atom stereocenters. The number of benzene rings is 1. The maximum atomic E-state index is 9.95. The number of hydrogen-bond donors (Lipinski definition) is 1. The molecule has 14 heavy (non-hydrogen) atoms. The first-order valence-corrected chi connectivity index (χ1v) is 7.27. The van der Waals surface area contributed by atoms with Crippen molar-refractivity contribution in [2.75, 3.05) is 12.5 Å². The van der Waals surface area contributed by atoms with Gasteiger partial charge < -0.3 is 5.11 Å². The Balaban J connectivity index is 3.04. The van der Waals surface area contributed by atoms with Crippen LogP contribution in [0.4, 0.5) is 0 Å². The van der Waals surface area contributed by atoms with E-state index in [1.807, 2.05) is 0 Å². The van der Waals surface area contributed by atoms with Crippen LogP contribution in [0, 0.1) is 6.92 Å². The highest BCUT2D eigenvalue weighted by Gasteiger charge is 2.07. The summed E-state index contributed by atoms with van der Waals surface area (Å²) in [5, 5.41) is 9.95. The van der Waals surface area contributed by atoms with Gasteiger partial charge in [-0.3, -0.25) is 0 Å². The Morgan fingerprint density at radius 3 is 1.86 bits per heavy atom. The number of thioether (sulfide) groups is 2. The van der Waals surface area contributed by atoms with Gasteiger partial charge in [-0.05, 0) is 19.4 Å². The Labute approximate surface area is 94.3 Å². The minimum atomic E-state index is 0.485. The van der Waals surface area contributed by atoms with Crippen molar-refractivity contribution in [3.05, 3.63) is 28.8 Å². The van der Waals surface area contributed by atoms with Gasteiger partial charge in [0, 0.05) is 22.6 Å². The molecule has 0 heterocycles. The molecule has 0 spiro atoms. The van der Waals surface area contributed by atoms with E-state index < -0.39 is 0 Å². The fourth-order valence-electron chi connectivity index (χ4n) is 1.47. The lowest BCUT2D eigenvalue weighted by Crippen LogP contribution is -1.90. The standard InChI is InChI=1S/C11H16OS2/c1-8-4-9(6-13-2)11(12)10(5-8)7-14-3/h4-5,12H,6-7H2,1-3H3. The van der Waals surface area contributed by atoms with Crippen molar-refractivity contribution in [1.29, 1.82) is 0 Å². The average Bonchev–Trinajstić information content (AvgIpc) is 2.14. The fourth-order valence-corrected chi connectivity index (χ4v) is 2.53. The molecule has 0 saturated carbocycles. The normalized spacial score (nSPS) is 10.5. The van der Waals surface area contributed by atoms with Crippen molar-refractivity contribution < 1.29 is 5.11 Å². The summed E-state index contributed by atoms with van der Waals surface area (Å²) in [6, 6.07) is 4.13. The van der Waals surface area contributed by atoms with Gasteiger partial charge in [-0.1, -0.05) is 17.7 Å². The van der Waals surface area contributed by atoms with Crippen LogP contribution in [0.3, 0.4) is 0 Å². The second-order valence-electron chi connectivity index (χ2n) is 3.30. The molecule has 0 amide bonds. The Morgan fingerprint density at radius 1 is 1.07 bits per heavy atom. The fraction of sp³-hybridized carbons (Fsp3) is 0.455. The highest BCUT2D eigenvalue weighted by Crippen LogP contribution is 2.29. The van der Waals surface area contributed by atoms with Crippen LogP contribution >= 0.6 is 23.5 Å². The molecule has 0 unspecified atom stereocenters. The van der Waals surface area contributed by atoms with Crippen LogP contribution in [0.5, 0.6) is 5.75 Å². The van der Waals surface area contributed by atoms with Crippen molar-refractivity contribution in [2.45, 2.75) is 18.4 Å². The van der Waals surface area contributed by atoms with Gasteiger partial charge in [-0.2, -0.15) is 23.5 Å². The van der Waals surface area contributed by atoms with Gasteiger partial charge in [-0.25, -0.2) is 0 Å². The molecule has 1 N–H and O–H groups in total. The van der Waals surface area contributed by atoms with Gasteiger partial charge in [0.25, 0.3) is 0 Å². The van der Waals surface area contributed by atoms with Crippen molar-refractivity contribution in [3.8, 4) is 5.75 Å². The van der Waals surface area contributed by atoms with Crippen molar-refractivity contribution in [1.82, 2.24) is 0 Å². The lowest BCUT2D eigenvalue weighted by Gasteiger charge is -2.09. The molecule has 0 aromatic heterocycles. The van der Waals surface area contributed by atoms with Gasteiger partial charge in [-0.15, -0.1) is 0 Å². The van der Waals surface area contributed by atoms with Gasteiger partial charge in [0.15, 0.2) is 0 Å². The summed E-state index contributed by atoms with van der Waals surface area (Å²) in [4.78, 5) is 0. The van der Waals surface area contributed by atoms with Crippen molar-refractivity contribution >= 4 is 23.5 Å². The van der Waals surface area contributed by atoms with Crippen LogP contribution in [0.25, 0.3) is 0 Å². The van der Waals surface area contributed by atoms with E-state index in [2.05, 4.69) is 31.6 Å². The predicted molar refractivity (Wildman–Crippen MR) is 67.3 cm³/mol. The van der Waals surface area contributed by atoms with E-state index in [1.54, 1.807) is 23.5 Å². The van der Waals surface area contributed by atoms with Gasteiger partial charge in [0.2, 0.25) is 0 Å². The van der Waals surface area contributed by atoms with Crippen LogP contribution in [0.2, 0.25) is 0 Å². The topological polar surface area (TPSA) is 20.2 Å². The number of aromatic hydroxyl groups is 1. The third-order valence-corrected chi connectivity index (χ3v) is 3.21. The minimum Gasteiger partial charge on any atom is -0.507 e.